The summed E-state index contributed by atoms with van der Waals surface area (Å²) in [6, 6.07) is 23.2. The normalized spacial score (nSPS) is 9.52. The Hall–Kier alpha value is -4.62. The lowest BCUT2D eigenvalue weighted by Gasteiger charge is -2.10. The Labute approximate surface area is 180 Å². The molecule has 31 heavy (non-hydrogen) atoms. The fraction of sp³-hybridized carbons (Fsp3) is 0.0833. The number of aromatic nitrogens is 4. The summed E-state index contributed by atoms with van der Waals surface area (Å²) >= 11 is 0. The molecule has 0 atom stereocenters. The van der Waals surface area contributed by atoms with Crippen LogP contribution in [0.25, 0.3) is 22.5 Å². The minimum atomic E-state index is 0.0399. The summed E-state index contributed by atoms with van der Waals surface area (Å²) in [7, 11) is 0. The molecule has 0 saturated heterocycles. The number of rotatable bonds is 4. The monoisotopic (exact) mass is 405 g/mol. The first-order valence-electron chi connectivity index (χ1n) is 9.59. The highest BCUT2D eigenvalue weighted by atomic mass is 15.0. The molecule has 7 heteroatoms. The molecule has 0 fully saturated rings. The summed E-state index contributed by atoms with van der Waals surface area (Å²) in [5.74, 6) is 0.518. The van der Waals surface area contributed by atoms with E-state index in [0.717, 1.165) is 16.8 Å². The molecule has 0 aliphatic heterocycles. The van der Waals surface area contributed by atoms with E-state index in [1.165, 1.54) is 0 Å². The van der Waals surface area contributed by atoms with E-state index in [1.54, 1.807) is 18.6 Å². The van der Waals surface area contributed by atoms with Crippen molar-refractivity contribution >= 4 is 5.82 Å². The molecule has 7 nitrogen and oxygen atoms in total. The predicted molar refractivity (Wildman–Crippen MR) is 119 cm³/mol. The standard InChI is InChI=1S/C14H11N5.C10H8N2/c1-2-17-14-13(10-6-4-3-5-7-10)18-11(8-15)12(9-16)19-14;1-2-4-9(5-3-1)10-8-11-6-7-12-10/h3-7H,2H2,1H3,(H,17,19);1-8H. The molecule has 2 aromatic heterocycles. The average Bonchev–Trinajstić information content (AvgIpc) is 2.86. The van der Waals surface area contributed by atoms with Gasteiger partial charge in [0.2, 0.25) is 0 Å². The van der Waals surface area contributed by atoms with E-state index < -0.39 is 0 Å². The topological polar surface area (TPSA) is 111 Å². The van der Waals surface area contributed by atoms with Crippen molar-refractivity contribution in [3.05, 3.63) is 90.6 Å². The molecule has 0 amide bonds. The molecule has 0 spiro atoms. The second-order valence-electron chi connectivity index (χ2n) is 6.19. The SMILES string of the molecule is CCNc1nc(C#N)c(C#N)nc1-c1ccccc1.c1ccc(-c2cnccn2)cc1. The Morgan fingerprint density at radius 3 is 1.97 bits per heavy atom. The Bertz CT molecular complexity index is 1160. The Kier molecular flexibility index (Phi) is 7.35. The first-order chi connectivity index (χ1) is 15.3. The average molecular weight is 405 g/mol. The maximum Gasteiger partial charge on any atom is 0.179 e. The third-order valence-electron chi connectivity index (χ3n) is 4.13. The fourth-order valence-corrected chi connectivity index (χ4v) is 2.74. The molecule has 0 aliphatic carbocycles. The summed E-state index contributed by atoms with van der Waals surface area (Å²) in [6.45, 7) is 2.59. The van der Waals surface area contributed by atoms with Crippen LogP contribution in [0.1, 0.15) is 18.3 Å². The van der Waals surface area contributed by atoms with E-state index in [2.05, 4.69) is 25.3 Å². The van der Waals surface area contributed by atoms with E-state index in [0.29, 0.717) is 18.1 Å². The molecule has 4 aromatic rings. The van der Waals surface area contributed by atoms with Crippen LogP contribution in [0, 0.1) is 22.7 Å². The van der Waals surface area contributed by atoms with Crippen molar-refractivity contribution in [3.63, 3.8) is 0 Å². The quantitative estimate of drug-likeness (QED) is 0.533. The van der Waals surface area contributed by atoms with Crippen molar-refractivity contribution in [1.29, 1.82) is 10.5 Å². The third-order valence-corrected chi connectivity index (χ3v) is 4.13. The number of nitrogens with one attached hydrogen (secondary N) is 1. The molecule has 0 aliphatic rings. The Balaban J connectivity index is 0.000000194. The number of nitrogens with zero attached hydrogens (tertiary/aromatic N) is 6. The van der Waals surface area contributed by atoms with Crippen molar-refractivity contribution in [2.24, 2.45) is 0 Å². The maximum absolute atomic E-state index is 9.02. The van der Waals surface area contributed by atoms with Crippen LogP contribution in [-0.4, -0.2) is 26.5 Å². The zero-order valence-corrected chi connectivity index (χ0v) is 16.9. The summed E-state index contributed by atoms with van der Waals surface area (Å²) in [5, 5.41) is 21.1. The van der Waals surface area contributed by atoms with Crippen molar-refractivity contribution < 1.29 is 0 Å². The minimum Gasteiger partial charge on any atom is -0.368 e. The van der Waals surface area contributed by atoms with Gasteiger partial charge in [0.05, 0.1) is 11.9 Å². The van der Waals surface area contributed by atoms with E-state index in [-0.39, 0.29) is 11.4 Å². The number of hydrogen-bond donors (Lipinski definition) is 1. The second-order valence-corrected chi connectivity index (χ2v) is 6.19. The van der Waals surface area contributed by atoms with E-state index >= 15 is 0 Å². The molecule has 150 valence electrons. The van der Waals surface area contributed by atoms with Gasteiger partial charge in [-0.05, 0) is 6.92 Å². The van der Waals surface area contributed by atoms with Crippen molar-refractivity contribution in [1.82, 2.24) is 19.9 Å². The summed E-state index contributed by atoms with van der Waals surface area (Å²) in [5.41, 5.74) is 3.54. The smallest absolute Gasteiger partial charge is 0.179 e. The molecule has 0 unspecified atom stereocenters. The second kappa shape index (κ2) is 10.8. The van der Waals surface area contributed by atoms with E-state index in [1.807, 2.05) is 79.7 Å². The zero-order valence-electron chi connectivity index (χ0n) is 16.9. The molecule has 0 bridgehead atoms. The Morgan fingerprint density at radius 2 is 1.42 bits per heavy atom. The number of nitriles is 2. The van der Waals surface area contributed by atoms with Gasteiger partial charge in [-0.2, -0.15) is 10.5 Å². The van der Waals surface area contributed by atoms with Gasteiger partial charge in [0, 0.05) is 30.1 Å². The molecular weight excluding hydrogens is 386 g/mol. The van der Waals surface area contributed by atoms with E-state index in [9.17, 15) is 0 Å². The molecule has 4 rings (SSSR count). The van der Waals surface area contributed by atoms with Crippen LogP contribution in [0.2, 0.25) is 0 Å². The van der Waals surface area contributed by atoms with Gasteiger partial charge in [-0.1, -0.05) is 60.7 Å². The number of benzene rings is 2. The van der Waals surface area contributed by atoms with Gasteiger partial charge in [0.15, 0.2) is 17.2 Å². The van der Waals surface area contributed by atoms with Crippen molar-refractivity contribution in [3.8, 4) is 34.7 Å². The molecule has 0 saturated carbocycles. The van der Waals surface area contributed by atoms with Gasteiger partial charge < -0.3 is 5.32 Å². The first-order valence-corrected chi connectivity index (χ1v) is 9.59. The van der Waals surface area contributed by atoms with Gasteiger partial charge in [0.25, 0.3) is 0 Å². The van der Waals surface area contributed by atoms with Crippen LogP contribution >= 0.6 is 0 Å². The Morgan fingerprint density at radius 1 is 0.806 bits per heavy atom. The van der Waals surface area contributed by atoms with E-state index in [4.69, 9.17) is 10.5 Å². The van der Waals surface area contributed by atoms with Crippen LogP contribution in [0.4, 0.5) is 5.82 Å². The molecule has 2 heterocycles. The summed E-state index contributed by atoms with van der Waals surface area (Å²) < 4.78 is 0. The molecule has 1 N–H and O–H groups in total. The highest BCUT2D eigenvalue weighted by molar-refractivity contribution is 5.72. The van der Waals surface area contributed by atoms with Crippen LogP contribution < -0.4 is 5.32 Å². The van der Waals surface area contributed by atoms with Crippen molar-refractivity contribution in [2.75, 3.05) is 11.9 Å². The molecule has 2 aromatic carbocycles. The number of hydrogen-bond acceptors (Lipinski definition) is 7. The van der Waals surface area contributed by atoms with Gasteiger partial charge in [-0.15, -0.1) is 0 Å². The van der Waals surface area contributed by atoms with Gasteiger partial charge in [-0.25, -0.2) is 9.97 Å². The maximum atomic E-state index is 9.02. The van der Waals surface area contributed by atoms with Crippen LogP contribution in [0.15, 0.2) is 79.3 Å². The van der Waals surface area contributed by atoms with Crippen LogP contribution in [0.5, 0.6) is 0 Å². The van der Waals surface area contributed by atoms with Crippen LogP contribution in [-0.2, 0) is 0 Å². The minimum absolute atomic E-state index is 0.0399. The fourth-order valence-electron chi connectivity index (χ4n) is 2.74. The van der Waals surface area contributed by atoms with Gasteiger partial charge >= 0.3 is 0 Å². The lowest BCUT2D eigenvalue weighted by atomic mass is 10.1. The number of anilines is 1. The lowest BCUT2D eigenvalue weighted by molar-refractivity contribution is 1.09. The zero-order chi connectivity index (χ0) is 21.9. The first kappa shape index (κ1) is 21.1. The summed E-state index contributed by atoms with van der Waals surface area (Å²) in [6.07, 6.45) is 5.13. The third kappa shape index (κ3) is 5.47. The predicted octanol–water partition coefficient (Wildman–Crippen LogP) is 4.46. The largest absolute Gasteiger partial charge is 0.368 e. The highest BCUT2D eigenvalue weighted by Crippen LogP contribution is 2.25. The van der Waals surface area contributed by atoms with Gasteiger partial charge in [-0.3, -0.25) is 9.97 Å². The lowest BCUT2D eigenvalue weighted by Crippen LogP contribution is -2.06. The van der Waals surface area contributed by atoms with Gasteiger partial charge in [0.1, 0.15) is 17.8 Å². The highest BCUT2D eigenvalue weighted by Gasteiger charge is 2.14. The molecule has 0 radical (unpaired) electrons. The molecular formula is C24H19N7. The van der Waals surface area contributed by atoms with Crippen molar-refractivity contribution in [2.45, 2.75) is 6.92 Å². The van der Waals surface area contributed by atoms with Crippen LogP contribution in [0.3, 0.4) is 0 Å². The summed E-state index contributed by atoms with van der Waals surface area (Å²) in [4.78, 5) is 16.6.